The molecule has 4 heteroatoms. The second-order valence-corrected chi connectivity index (χ2v) is 2.19. The highest BCUT2D eigenvalue weighted by Gasteiger charge is 2.04. The summed E-state index contributed by atoms with van der Waals surface area (Å²) in [6.07, 6.45) is 1.62. The van der Waals surface area contributed by atoms with Gasteiger partial charge >= 0.3 is 0 Å². The summed E-state index contributed by atoms with van der Waals surface area (Å²) < 4.78 is 1.79. The maximum atomic E-state index is 8.59. The average Bonchev–Trinajstić information content (AvgIpc) is 2.34. The van der Waals surface area contributed by atoms with E-state index in [-0.39, 0.29) is 0 Å². The van der Waals surface area contributed by atoms with Gasteiger partial charge in [0.25, 0.3) is 0 Å². The molecule has 0 aliphatic heterocycles. The van der Waals surface area contributed by atoms with E-state index in [1.54, 1.807) is 10.9 Å². The van der Waals surface area contributed by atoms with E-state index in [1.807, 2.05) is 20.0 Å². The first-order chi connectivity index (χ1) is 5.29. The van der Waals surface area contributed by atoms with Crippen LogP contribution in [0.1, 0.15) is 12.6 Å². The number of hydrogen-bond acceptors (Lipinski definition) is 3. The fraction of sp³-hybridized carbons (Fsp3) is 0.429. The van der Waals surface area contributed by atoms with Crippen molar-refractivity contribution in [1.29, 1.82) is 5.26 Å². The fourth-order valence-electron chi connectivity index (χ4n) is 0.888. The fourth-order valence-corrected chi connectivity index (χ4v) is 0.888. The van der Waals surface area contributed by atoms with Gasteiger partial charge in [-0.1, -0.05) is 0 Å². The van der Waals surface area contributed by atoms with E-state index in [9.17, 15) is 0 Å². The molecule has 0 saturated carbocycles. The highest BCUT2D eigenvalue weighted by molar-refractivity contribution is 5.48. The quantitative estimate of drug-likeness (QED) is 0.676. The normalized spacial score (nSPS) is 9.18. The zero-order chi connectivity index (χ0) is 8.27. The van der Waals surface area contributed by atoms with E-state index < -0.39 is 0 Å². The molecule has 0 amide bonds. The van der Waals surface area contributed by atoms with Crippen LogP contribution in [0, 0.1) is 11.3 Å². The zero-order valence-electron chi connectivity index (χ0n) is 6.63. The van der Waals surface area contributed by atoms with Crippen molar-refractivity contribution < 1.29 is 0 Å². The molecule has 0 aromatic carbocycles. The molecule has 4 nitrogen and oxygen atoms in total. The average molecular weight is 150 g/mol. The minimum absolute atomic E-state index is 0.453. The molecule has 58 valence electrons. The molecule has 0 aliphatic carbocycles. The first kappa shape index (κ1) is 7.61. The molecule has 0 bridgehead atoms. The number of aromatic nitrogens is 2. The predicted octanol–water partition coefficient (Wildman–Crippen LogP) is 0.724. The van der Waals surface area contributed by atoms with Gasteiger partial charge in [-0.15, -0.1) is 0 Å². The third-order valence-corrected chi connectivity index (χ3v) is 1.39. The molecule has 0 atom stereocenters. The monoisotopic (exact) mass is 150 g/mol. The van der Waals surface area contributed by atoms with Gasteiger partial charge in [-0.3, -0.25) is 0 Å². The molecule has 1 aromatic heterocycles. The van der Waals surface area contributed by atoms with Gasteiger partial charge in [0, 0.05) is 13.6 Å². The summed E-state index contributed by atoms with van der Waals surface area (Å²) >= 11 is 0. The van der Waals surface area contributed by atoms with Gasteiger partial charge in [0.05, 0.1) is 6.33 Å². The lowest BCUT2D eigenvalue weighted by Crippen LogP contribution is -2.03. The van der Waals surface area contributed by atoms with Crippen LogP contribution in [0.3, 0.4) is 0 Å². The third kappa shape index (κ3) is 1.32. The number of aryl methyl sites for hydroxylation is 1. The molecule has 11 heavy (non-hydrogen) atoms. The first-order valence-corrected chi connectivity index (χ1v) is 3.45. The summed E-state index contributed by atoms with van der Waals surface area (Å²) in [5.74, 6) is 0.787. The Morgan fingerprint density at radius 3 is 3.09 bits per heavy atom. The van der Waals surface area contributed by atoms with Crippen molar-refractivity contribution in [2.45, 2.75) is 6.92 Å². The van der Waals surface area contributed by atoms with Crippen molar-refractivity contribution in [2.75, 3.05) is 11.9 Å². The highest BCUT2D eigenvalue weighted by Crippen LogP contribution is 2.10. The van der Waals surface area contributed by atoms with Crippen LogP contribution < -0.4 is 5.32 Å². The predicted molar refractivity (Wildman–Crippen MR) is 42.1 cm³/mol. The Morgan fingerprint density at radius 1 is 1.82 bits per heavy atom. The van der Waals surface area contributed by atoms with Crippen LogP contribution in [0.25, 0.3) is 0 Å². The van der Waals surface area contributed by atoms with Crippen molar-refractivity contribution in [1.82, 2.24) is 9.55 Å². The Balaban J connectivity index is 3.00. The summed E-state index contributed by atoms with van der Waals surface area (Å²) in [5, 5.41) is 11.6. The molecular formula is C7H10N4. The van der Waals surface area contributed by atoms with Crippen LogP contribution in [0.15, 0.2) is 6.33 Å². The Hall–Kier alpha value is -1.50. The number of rotatable bonds is 2. The molecule has 0 aliphatic rings. The van der Waals surface area contributed by atoms with Crippen LogP contribution in [0.5, 0.6) is 0 Å². The molecule has 0 spiro atoms. The number of nitrogens with one attached hydrogen (secondary N) is 1. The minimum Gasteiger partial charge on any atom is -0.369 e. The topological polar surface area (TPSA) is 53.6 Å². The third-order valence-electron chi connectivity index (χ3n) is 1.39. The number of imidazole rings is 1. The van der Waals surface area contributed by atoms with E-state index in [0.717, 1.165) is 12.4 Å². The summed E-state index contributed by atoms with van der Waals surface area (Å²) in [6, 6.07) is 2.01. The minimum atomic E-state index is 0.453. The standard InChI is InChI=1S/C7H10N4/c1-3-9-7-6(4-8)10-5-11(7)2/h5,9H,3H2,1-2H3. The molecule has 0 saturated heterocycles. The van der Waals surface area contributed by atoms with E-state index in [4.69, 9.17) is 5.26 Å². The van der Waals surface area contributed by atoms with Crippen molar-refractivity contribution in [2.24, 2.45) is 7.05 Å². The Bertz CT molecular complexity index is 281. The Morgan fingerprint density at radius 2 is 2.55 bits per heavy atom. The lowest BCUT2D eigenvalue weighted by atomic mass is 10.4. The van der Waals surface area contributed by atoms with Crippen LogP contribution in [0.2, 0.25) is 0 Å². The largest absolute Gasteiger partial charge is 0.369 e. The summed E-state index contributed by atoms with van der Waals surface area (Å²) in [7, 11) is 1.85. The first-order valence-electron chi connectivity index (χ1n) is 3.45. The lowest BCUT2D eigenvalue weighted by molar-refractivity contribution is 0.908. The summed E-state index contributed by atoms with van der Waals surface area (Å²) in [6.45, 7) is 2.78. The van der Waals surface area contributed by atoms with Gasteiger partial charge in [0.1, 0.15) is 11.9 Å². The molecule has 0 fully saturated rings. The van der Waals surface area contributed by atoms with E-state index in [2.05, 4.69) is 10.3 Å². The summed E-state index contributed by atoms with van der Waals surface area (Å²) in [5.41, 5.74) is 0.453. The van der Waals surface area contributed by atoms with E-state index in [1.165, 1.54) is 0 Å². The number of anilines is 1. The molecule has 1 aromatic rings. The Labute approximate surface area is 65.5 Å². The molecule has 1 heterocycles. The van der Waals surface area contributed by atoms with Crippen LogP contribution in [0.4, 0.5) is 5.82 Å². The molecular weight excluding hydrogens is 140 g/mol. The summed E-state index contributed by atoms with van der Waals surface area (Å²) in [4.78, 5) is 3.89. The maximum absolute atomic E-state index is 8.59. The number of nitrogens with zero attached hydrogens (tertiary/aromatic N) is 3. The van der Waals surface area contributed by atoms with Gasteiger partial charge < -0.3 is 9.88 Å². The van der Waals surface area contributed by atoms with Gasteiger partial charge in [0.2, 0.25) is 0 Å². The van der Waals surface area contributed by atoms with Crippen LogP contribution >= 0.6 is 0 Å². The lowest BCUT2D eigenvalue weighted by Gasteiger charge is -2.02. The molecule has 1 rings (SSSR count). The van der Waals surface area contributed by atoms with Gasteiger partial charge in [-0.05, 0) is 6.92 Å². The van der Waals surface area contributed by atoms with E-state index >= 15 is 0 Å². The van der Waals surface area contributed by atoms with Crippen molar-refractivity contribution in [3.63, 3.8) is 0 Å². The number of nitriles is 1. The SMILES string of the molecule is CCNc1c(C#N)ncn1C. The van der Waals surface area contributed by atoms with Crippen molar-refractivity contribution in [3.8, 4) is 6.07 Å². The van der Waals surface area contributed by atoms with Gasteiger partial charge in [-0.25, -0.2) is 4.98 Å². The maximum Gasteiger partial charge on any atom is 0.182 e. The highest BCUT2D eigenvalue weighted by atomic mass is 15.1. The molecule has 0 radical (unpaired) electrons. The van der Waals surface area contributed by atoms with E-state index in [0.29, 0.717) is 5.69 Å². The Kier molecular flexibility index (Phi) is 2.12. The molecule has 0 unspecified atom stereocenters. The van der Waals surface area contributed by atoms with Crippen LogP contribution in [-0.4, -0.2) is 16.1 Å². The smallest absolute Gasteiger partial charge is 0.182 e. The second kappa shape index (κ2) is 3.06. The van der Waals surface area contributed by atoms with Crippen LogP contribution in [-0.2, 0) is 7.05 Å². The van der Waals surface area contributed by atoms with Crippen molar-refractivity contribution in [3.05, 3.63) is 12.0 Å². The second-order valence-electron chi connectivity index (χ2n) is 2.19. The zero-order valence-corrected chi connectivity index (χ0v) is 6.63. The van der Waals surface area contributed by atoms with Gasteiger partial charge in [0.15, 0.2) is 5.69 Å². The number of hydrogen-bond donors (Lipinski definition) is 1. The van der Waals surface area contributed by atoms with Gasteiger partial charge in [-0.2, -0.15) is 5.26 Å². The van der Waals surface area contributed by atoms with Crippen molar-refractivity contribution >= 4 is 5.82 Å². The molecule has 1 N–H and O–H groups in total.